The minimum Gasteiger partial charge on any atom is -0.444 e. The number of amides is 3. The van der Waals surface area contributed by atoms with Crippen molar-refractivity contribution >= 4 is 23.6 Å². The molecule has 0 saturated heterocycles. The van der Waals surface area contributed by atoms with Gasteiger partial charge in [0.05, 0.1) is 0 Å². The Morgan fingerprint density at radius 3 is 2.25 bits per heavy atom. The molecule has 7 heteroatoms. The summed E-state index contributed by atoms with van der Waals surface area (Å²) in [6, 6.07) is 15.9. The van der Waals surface area contributed by atoms with E-state index in [-0.39, 0.29) is 24.4 Å². The van der Waals surface area contributed by atoms with E-state index >= 15 is 0 Å². The van der Waals surface area contributed by atoms with Gasteiger partial charge >= 0.3 is 6.09 Å². The fraction of sp³-hybridized carbons (Fsp3) is 0.400. The zero-order valence-corrected chi connectivity index (χ0v) is 19.1. The molecule has 2 N–H and O–H groups in total. The Hall–Kier alpha value is -3.35. The number of nitrogens with one attached hydrogen (secondary N) is 2. The van der Waals surface area contributed by atoms with Crippen LogP contribution in [0.4, 0.5) is 10.5 Å². The SMILES string of the molecule is Cc1ccccc1NC(=O)C(c1ccccc1)N(C(=O)CNC(=O)OC(C)(C)C)C1CC1. The highest BCUT2D eigenvalue weighted by Gasteiger charge is 2.41. The summed E-state index contributed by atoms with van der Waals surface area (Å²) in [6.45, 7) is 6.94. The van der Waals surface area contributed by atoms with Crippen LogP contribution in [0.3, 0.4) is 0 Å². The molecule has 3 rings (SSSR count). The normalized spacial score (nSPS) is 14.2. The number of carbonyl (C=O) groups excluding carboxylic acids is 3. The smallest absolute Gasteiger partial charge is 0.408 e. The zero-order valence-electron chi connectivity index (χ0n) is 19.1. The van der Waals surface area contributed by atoms with Crippen molar-refractivity contribution in [1.29, 1.82) is 0 Å². The van der Waals surface area contributed by atoms with E-state index in [1.165, 1.54) is 0 Å². The predicted molar refractivity (Wildman–Crippen MR) is 123 cm³/mol. The van der Waals surface area contributed by atoms with E-state index in [0.29, 0.717) is 5.69 Å². The van der Waals surface area contributed by atoms with Crippen molar-refractivity contribution in [1.82, 2.24) is 10.2 Å². The minimum absolute atomic E-state index is 0.0456. The molecule has 1 aliphatic carbocycles. The highest BCUT2D eigenvalue weighted by Crippen LogP contribution is 2.35. The minimum atomic E-state index is -0.809. The second kappa shape index (κ2) is 9.85. The van der Waals surface area contributed by atoms with Crippen LogP contribution in [0.1, 0.15) is 50.8 Å². The van der Waals surface area contributed by atoms with Gasteiger partial charge in [0.25, 0.3) is 5.91 Å². The number of alkyl carbamates (subject to hydrolysis) is 1. The molecule has 2 aromatic rings. The molecule has 3 amide bonds. The topological polar surface area (TPSA) is 87.7 Å². The molecule has 0 aliphatic heterocycles. The molecular formula is C25H31N3O4. The number of hydrogen-bond donors (Lipinski definition) is 2. The predicted octanol–water partition coefficient (Wildman–Crippen LogP) is 4.19. The first-order valence-electron chi connectivity index (χ1n) is 10.8. The molecule has 1 fully saturated rings. The third kappa shape index (κ3) is 6.33. The molecule has 0 spiro atoms. The molecule has 32 heavy (non-hydrogen) atoms. The van der Waals surface area contributed by atoms with Crippen molar-refractivity contribution in [3.63, 3.8) is 0 Å². The molecule has 0 aromatic heterocycles. The Kier molecular flexibility index (Phi) is 7.18. The standard InChI is InChI=1S/C25H31N3O4/c1-17-10-8-9-13-20(17)27-23(30)22(18-11-6-5-7-12-18)28(19-14-15-19)21(29)16-26-24(31)32-25(2,3)4/h5-13,19,22H,14-16H2,1-4H3,(H,26,31)(H,27,30). The fourth-order valence-corrected chi connectivity index (χ4v) is 3.45. The molecule has 1 saturated carbocycles. The van der Waals surface area contributed by atoms with Gasteiger partial charge < -0.3 is 20.3 Å². The number of ether oxygens (including phenoxy) is 1. The second-order valence-corrected chi connectivity index (χ2v) is 9.01. The van der Waals surface area contributed by atoms with Crippen LogP contribution in [0, 0.1) is 6.92 Å². The lowest BCUT2D eigenvalue weighted by atomic mass is 10.0. The number of rotatable bonds is 7. The van der Waals surface area contributed by atoms with Gasteiger partial charge in [-0.1, -0.05) is 48.5 Å². The number of hydrogen-bond acceptors (Lipinski definition) is 4. The third-order valence-electron chi connectivity index (χ3n) is 5.06. The highest BCUT2D eigenvalue weighted by molar-refractivity contribution is 5.99. The van der Waals surface area contributed by atoms with E-state index in [1.54, 1.807) is 25.7 Å². The van der Waals surface area contributed by atoms with Crippen LogP contribution in [0.2, 0.25) is 0 Å². The van der Waals surface area contributed by atoms with Crippen molar-refractivity contribution in [2.45, 2.75) is 58.2 Å². The van der Waals surface area contributed by atoms with Gasteiger partial charge in [-0.3, -0.25) is 9.59 Å². The van der Waals surface area contributed by atoms with Gasteiger partial charge in [-0.25, -0.2) is 4.79 Å². The van der Waals surface area contributed by atoms with Crippen LogP contribution in [-0.4, -0.2) is 41.0 Å². The van der Waals surface area contributed by atoms with Crippen LogP contribution in [0.15, 0.2) is 54.6 Å². The first kappa shape index (κ1) is 23.3. The van der Waals surface area contributed by atoms with E-state index in [9.17, 15) is 14.4 Å². The Labute approximate surface area is 189 Å². The van der Waals surface area contributed by atoms with E-state index in [4.69, 9.17) is 4.74 Å². The molecule has 0 radical (unpaired) electrons. The van der Waals surface area contributed by atoms with E-state index in [1.807, 2.05) is 61.5 Å². The number of benzene rings is 2. The number of nitrogens with zero attached hydrogens (tertiary/aromatic N) is 1. The maximum Gasteiger partial charge on any atom is 0.408 e. The Balaban J connectivity index is 1.83. The van der Waals surface area contributed by atoms with Crippen molar-refractivity contribution in [3.8, 4) is 0 Å². The summed E-state index contributed by atoms with van der Waals surface area (Å²) in [6.07, 6.45) is 0.973. The van der Waals surface area contributed by atoms with E-state index in [2.05, 4.69) is 10.6 Å². The molecule has 1 unspecified atom stereocenters. The van der Waals surface area contributed by atoms with E-state index in [0.717, 1.165) is 24.0 Å². The van der Waals surface area contributed by atoms with Crippen LogP contribution < -0.4 is 10.6 Å². The molecular weight excluding hydrogens is 406 g/mol. The number of anilines is 1. The summed E-state index contributed by atoms with van der Waals surface area (Å²) in [5, 5.41) is 5.50. The largest absolute Gasteiger partial charge is 0.444 e. The summed E-state index contributed by atoms with van der Waals surface area (Å²) in [5.74, 6) is -0.616. The Bertz CT molecular complexity index is 965. The summed E-state index contributed by atoms with van der Waals surface area (Å²) in [7, 11) is 0. The summed E-state index contributed by atoms with van der Waals surface area (Å²) in [5.41, 5.74) is 1.69. The number of carbonyl (C=O) groups is 3. The molecule has 7 nitrogen and oxygen atoms in total. The first-order chi connectivity index (χ1) is 15.2. The molecule has 0 heterocycles. The van der Waals surface area contributed by atoms with Crippen LogP contribution in [0.5, 0.6) is 0 Å². The fourth-order valence-electron chi connectivity index (χ4n) is 3.45. The molecule has 0 bridgehead atoms. The summed E-state index contributed by atoms with van der Waals surface area (Å²) < 4.78 is 5.23. The molecule has 1 aliphatic rings. The molecule has 1 atom stereocenters. The second-order valence-electron chi connectivity index (χ2n) is 9.01. The lowest BCUT2D eigenvalue weighted by molar-refractivity contribution is -0.138. The van der Waals surface area contributed by atoms with E-state index < -0.39 is 17.7 Å². The monoisotopic (exact) mass is 437 g/mol. The van der Waals surface area contributed by atoms with Gasteiger partial charge in [0.15, 0.2) is 0 Å². The van der Waals surface area contributed by atoms with Gasteiger partial charge in [-0.15, -0.1) is 0 Å². The lowest BCUT2D eigenvalue weighted by Gasteiger charge is -2.32. The van der Waals surface area contributed by atoms with Crippen molar-refractivity contribution in [3.05, 3.63) is 65.7 Å². The van der Waals surface area contributed by atoms with Crippen LogP contribution >= 0.6 is 0 Å². The van der Waals surface area contributed by atoms with Gasteiger partial charge in [-0.05, 0) is 57.7 Å². The Morgan fingerprint density at radius 2 is 1.66 bits per heavy atom. The quantitative estimate of drug-likeness (QED) is 0.680. The molecule has 2 aromatic carbocycles. The van der Waals surface area contributed by atoms with Crippen molar-refractivity contribution in [2.75, 3.05) is 11.9 Å². The summed E-state index contributed by atoms with van der Waals surface area (Å²) in [4.78, 5) is 40.3. The highest BCUT2D eigenvalue weighted by atomic mass is 16.6. The van der Waals surface area contributed by atoms with Crippen molar-refractivity contribution < 1.29 is 19.1 Å². The maximum atomic E-state index is 13.5. The van der Waals surface area contributed by atoms with Gasteiger partial charge in [0.1, 0.15) is 18.2 Å². The van der Waals surface area contributed by atoms with Crippen LogP contribution in [-0.2, 0) is 14.3 Å². The first-order valence-corrected chi connectivity index (χ1v) is 10.8. The lowest BCUT2D eigenvalue weighted by Crippen LogP contribution is -2.47. The molecule has 170 valence electrons. The van der Waals surface area contributed by atoms with Crippen LogP contribution in [0.25, 0.3) is 0 Å². The average molecular weight is 438 g/mol. The third-order valence-corrected chi connectivity index (χ3v) is 5.06. The van der Waals surface area contributed by atoms with Gasteiger partial charge in [-0.2, -0.15) is 0 Å². The van der Waals surface area contributed by atoms with Crippen molar-refractivity contribution in [2.24, 2.45) is 0 Å². The average Bonchev–Trinajstić information content (AvgIpc) is 3.56. The Morgan fingerprint density at radius 1 is 1.03 bits per heavy atom. The number of aryl methyl sites for hydroxylation is 1. The summed E-state index contributed by atoms with van der Waals surface area (Å²) >= 11 is 0. The van der Waals surface area contributed by atoms with Gasteiger partial charge in [0, 0.05) is 11.7 Å². The number of para-hydroxylation sites is 1. The maximum absolute atomic E-state index is 13.5. The zero-order chi connectivity index (χ0) is 23.3. The van der Waals surface area contributed by atoms with Gasteiger partial charge in [0.2, 0.25) is 5.91 Å².